The molecular formula is C17H25N3O. The molecule has 4 heteroatoms. The Hall–Kier alpha value is -1.65. The van der Waals surface area contributed by atoms with Crippen LogP contribution in [0.4, 0.5) is 0 Å². The minimum absolute atomic E-state index is 0.0150. The lowest BCUT2D eigenvalue weighted by atomic mass is 9.77. The number of nitrogens with two attached hydrogens (primary N) is 1. The Bertz CT molecular complexity index is 568. The van der Waals surface area contributed by atoms with Gasteiger partial charge in [0.05, 0.1) is 12.3 Å². The van der Waals surface area contributed by atoms with Crippen LogP contribution in [-0.2, 0) is 11.8 Å². The molecule has 114 valence electrons. The van der Waals surface area contributed by atoms with Crippen molar-refractivity contribution < 1.29 is 5.11 Å². The molecule has 0 saturated carbocycles. The predicted octanol–water partition coefficient (Wildman–Crippen LogP) is 2.20. The molecule has 0 radical (unpaired) electrons. The molecule has 0 aliphatic heterocycles. The van der Waals surface area contributed by atoms with Gasteiger partial charge in [-0.05, 0) is 32.4 Å². The third-order valence-electron chi connectivity index (χ3n) is 4.07. The first-order valence-electron chi connectivity index (χ1n) is 7.43. The fourth-order valence-electron chi connectivity index (χ4n) is 2.52. The van der Waals surface area contributed by atoms with E-state index >= 15 is 0 Å². The standard InChI is InChI=1S/C17H25N3O/c1-13(2)20-9-8-16(19-20)10-17(11-18,12-21)15-6-4-14(3)5-7-15/h4-9,13,21H,10-12,18H2,1-3H3. The van der Waals surface area contributed by atoms with Crippen molar-refractivity contribution in [3.05, 3.63) is 53.3 Å². The van der Waals surface area contributed by atoms with Crippen molar-refractivity contribution in [1.82, 2.24) is 9.78 Å². The maximum atomic E-state index is 9.96. The summed E-state index contributed by atoms with van der Waals surface area (Å²) in [6.45, 7) is 6.65. The number of rotatable bonds is 6. The van der Waals surface area contributed by atoms with E-state index in [1.807, 2.05) is 16.9 Å². The van der Waals surface area contributed by atoms with E-state index in [9.17, 15) is 5.11 Å². The van der Waals surface area contributed by atoms with E-state index in [-0.39, 0.29) is 6.61 Å². The quantitative estimate of drug-likeness (QED) is 0.856. The number of nitrogens with zero attached hydrogens (tertiary/aromatic N) is 2. The molecule has 3 N–H and O–H groups in total. The summed E-state index contributed by atoms with van der Waals surface area (Å²) in [5.41, 5.74) is 8.77. The van der Waals surface area contributed by atoms with Gasteiger partial charge in [0.15, 0.2) is 0 Å². The van der Waals surface area contributed by atoms with Crippen LogP contribution in [-0.4, -0.2) is 28.0 Å². The van der Waals surface area contributed by atoms with Crippen LogP contribution in [0.15, 0.2) is 36.5 Å². The van der Waals surface area contributed by atoms with Gasteiger partial charge in [-0.3, -0.25) is 4.68 Å². The van der Waals surface area contributed by atoms with Crippen molar-refractivity contribution in [3.63, 3.8) is 0 Å². The van der Waals surface area contributed by atoms with Gasteiger partial charge in [-0.1, -0.05) is 29.8 Å². The molecule has 1 unspecified atom stereocenters. The van der Waals surface area contributed by atoms with Gasteiger partial charge in [-0.2, -0.15) is 5.10 Å². The van der Waals surface area contributed by atoms with Gasteiger partial charge >= 0.3 is 0 Å². The summed E-state index contributed by atoms with van der Waals surface area (Å²) in [5, 5.41) is 14.5. The largest absolute Gasteiger partial charge is 0.395 e. The molecule has 2 rings (SSSR count). The maximum absolute atomic E-state index is 9.96. The van der Waals surface area contributed by atoms with Gasteiger partial charge in [0.1, 0.15) is 0 Å². The number of benzene rings is 1. The van der Waals surface area contributed by atoms with E-state index in [1.54, 1.807) is 0 Å². The van der Waals surface area contributed by atoms with Crippen molar-refractivity contribution >= 4 is 0 Å². The molecular weight excluding hydrogens is 262 g/mol. The van der Waals surface area contributed by atoms with E-state index in [1.165, 1.54) is 5.56 Å². The zero-order chi connectivity index (χ0) is 15.5. The highest BCUT2D eigenvalue weighted by atomic mass is 16.3. The maximum Gasteiger partial charge on any atom is 0.0635 e. The molecule has 0 bridgehead atoms. The second kappa shape index (κ2) is 6.41. The Labute approximate surface area is 126 Å². The van der Waals surface area contributed by atoms with Crippen LogP contribution in [0.5, 0.6) is 0 Å². The van der Waals surface area contributed by atoms with Gasteiger partial charge in [0.25, 0.3) is 0 Å². The lowest BCUT2D eigenvalue weighted by Gasteiger charge is -2.30. The summed E-state index contributed by atoms with van der Waals surface area (Å²) in [6.07, 6.45) is 2.62. The lowest BCUT2D eigenvalue weighted by molar-refractivity contribution is 0.195. The monoisotopic (exact) mass is 287 g/mol. The van der Waals surface area contributed by atoms with E-state index in [2.05, 4.69) is 50.1 Å². The second-order valence-electron chi connectivity index (χ2n) is 6.07. The zero-order valence-electron chi connectivity index (χ0n) is 13.1. The van der Waals surface area contributed by atoms with E-state index in [0.29, 0.717) is 19.0 Å². The lowest BCUT2D eigenvalue weighted by Crippen LogP contribution is -2.41. The van der Waals surface area contributed by atoms with Gasteiger partial charge in [0.2, 0.25) is 0 Å². The van der Waals surface area contributed by atoms with Crippen molar-refractivity contribution in [1.29, 1.82) is 0 Å². The van der Waals surface area contributed by atoms with Gasteiger partial charge < -0.3 is 10.8 Å². The topological polar surface area (TPSA) is 64.1 Å². The molecule has 2 aromatic rings. The summed E-state index contributed by atoms with van der Waals surface area (Å²) in [4.78, 5) is 0. The molecule has 0 aliphatic rings. The normalized spacial score (nSPS) is 14.4. The van der Waals surface area contributed by atoms with Crippen molar-refractivity contribution in [2.24, 2.45) is 5.73 Å². The fourth-order valence-corrected chi connectivity index (χ4v) is 2.52. The summed E-state index contributed by atoms with van der Waals surface area (Å²) in [6, 6.07) is 10.6. The highest BCUT2D eigenvalue weighted by molar-refractivity contribution is 5.31. The molecule has 21 heavy (non-hydrogen) atoms. The van der Waals surface area contributed by atoms with Gasteiger partial charge in [-0.15, -0.1) is 0 Å². The minimum Gasteiger partial charge on any atom is -0.395 e. The highest BCUT2D eigenvalue weighted by Crippen LogP contribution is 2.27. The van der Waals surface area contributed by atoms with Crippen molar-refractivity contribution in [2.75, 3.05) is 13.2 Å². The van der Waals surface area contributed by atoms with Gasteiger partial charge in [-0.25, -0.2) is 0 Å². The molecule has 1 atom stereocenters. The average molecular weight is 287 g/mol. The molecule has 4 nitrogen and oxygen atoms in total. The Kier molecular flexibility index (Phi) is 4.80. The first kappa shape index (κ1) is 15.7. The number of aromatic nitrogens is 2. The SMILES string of the molecule is Cc1ccc(C(CN)(CO)Cc2ccn(C(C)C)n2)cc1. The molecule has 0 saturated heterocycles. The Balaban J connectivity index is 2.30. The van der Waals surface area contributed by atoms with Crippen molar-refractivity contribution in [3.8, 4) is 0 Å². The Morgan fingerprint density at radius 2 is 1.90 bits per heavy atom. The number of hydrogen-bond donors (Lipinski definition) is 2. The van der Waals surface area contributed by atoms with Crippen molar-refractivity contribution in [2.45, 2.75) is 38.6 Å². The number of aryl methyl sites for hydroxylation is 1. The summed E-state index contributed by atoms with van der Waals surface area (Å²) in [7, 11) is 0. The number of aliphatic hydroxyl groups excluding tert-OH is 1. The molecule has 0 amide bonds. The average Bonchev–Trinajstić information content (AvgIpc) is 2.94. The van der Waals surface area contributed by atoms with Crippen LogP contribution < -0.4 is 5.73 Å². The van der Waals surface area contributed by atoms with Crippen LogP contribution >= 0.6 is 0 Å². The van der Waals surface area contributed by atoms with Crippen LogP contribution in [0.1, 0.15) is 36.7 Å². The molecule has 1 aromatic carbocycles. The van der Waals surface area contributed by atoms with Crippen LogP contribution in [0, 0.1) is 6.92 Å². The summed E-state index contributed by atoms with van der Waals surface area (Å²) >= 11 is 0. The minimum atomic E-state index is -0.468. The van der Waals surface area contributed by atoms with E-state index in [0.717, 1.165) is 11.3 Å². The molecule has 1 aromatic heterocycles. The Morgan fingerprint density at radius 1 is 1.24 bits per heavy atom. The molecule has 0 aliphatic carbocycles. The van der Waals surface area contributed by atoms with Crippen LogP contribution in [0.2, 0.25) is 0 Å². The third-order valence-corrected chi connectivity index (χ3v) is 4.07. The predicted molar refractivity (Wildman–Crippen MR) is 85.3 cm³/mol. The highest BCUT2D eigenvalue weighted by Gasteiger charge is 2.31. The summed E-state index contributed by atoms with van der Waals surface area (Å²) in [5.74, 6) is 0. The third kappa shape index (κ3) is 3.34. The molecule has 0 spiro atoms. The Morgan fingerprint density at radius 3 is 2.38 bits per heavy atom. The van der Waals surface area contributed by atoms with Gasteiger partial charge in [0, 0.05) is 30.6 Å². The second-order valence-corrected chi connectivity index (χ2v) is 6.07. The summed E-state index contributed by atoms with van der Waals surface area (Å²) < 4.78 is 1.93. The van der Waals surface area contributed by atoms with E-state index < -0.39 is 5.41 Å². The zero-order valence-corrected chi connectivity index (χ0v) is 13.1. The first-order chi connectivity index (χ1) is 10.0. The molecule has 1 heterocycles. The van der Waals surface area contributed by atoms with Crippen LogP contribution in [0.25, 0.3) is 0 Å². The smallest absolute Gasteiger partial charge is 0.0635 e. The van der Waals surface area contributed by atoms with Crippen LogP contribution in [0.3, 0.4) is 0 Å². The molecule has 0 fully saturated rings. The van der Waals surface area contributed by atoms with E-state index in [4.69, 9.17) is 5.73 Å². The fraction of sp³-hybridized carbons (Fsp3) is 0.471. The number of aliphatic hydroxyl groups is 1. The first-order valence-corrected chi connectivity index (χ1v) is 7.43. The number of hydrogen-bond acceptors (Lipinski definition) is 3.